The molecule has 2 heterocycles. The second-order valence-corrected chi connectivity index (χ2v) is 7.09. The average molecular weight is 402 g/mol. The first kappa shape index (κ1) is 19.6. The lowest BCUT2D eigenvalue weighted by molar-refractivity contribution is -0.147. The molecule has 0 aliphatic carbocycles. The second kappa shape index (κ2) is 8.32. The number of amides is 1. The van der Waals surface area contributed by atoms with Crippen LogP contribution in [-0.2, 0) is 20.7 Å². The quantitative estimate of drug-likeness (QED) is 0.498. The van der Waals surface area contributed by atoms with E-state index in [1.807, 2.05) is 60.8 Å². The van der Waals surface area contributed by atoms with E-state index < -0.39 is 5.97 Å². The molecule has 2 aromatic heterocycles. The maximum Gasteiger partial charge on any atom is 0.306 e. The Bertz CT molecular complexity index is 1230. The van der Waals surface area contributed by atoms with Crippen LogP contribution in [0.25, 0.3) is 16.6 Å². The Kier molecular flexibility index (Phi) is 5.43. The van der Waals surface area contributed by atoms with E-state index in [1.54, 1.807) is 12.1 Å². The number of anilines is 1. The van der Waals surface area contributed by atoms with E-state index in [4.69, 9.17) is 9.72 Å². The van der Waals surface area contributed by atoms with E-state index in [0.717, 1.165) is 33.5 Å². The van der Waals surface area contributed by atoms with Gasteiger partial charge in [0.2, 0.25) is 0 Å². The number of fused-ring (bicyclic) bond motifs is 3. The lowest BCUT2D eigenvalue weighted by Crippen LogP contribution is -2.21. The zero-order valence-electron chi connectivity index (χ0n) is 16.9. The van der Waals surface area contributed by atoms with Crippen LogP contribution in [0.3, 0.4) is 0 Å². The number of nitrogens with one attached hydrogen (secondary N) is 1. The number of aryl methyl sites for hydroxylation is 2. The minimum atomic E-state index is -0.428. The maximum absolute atomic E-state index is 12.2. The van der Waals surface area contributed by atoms with E-state index in [2.05, 4.69) is 10.4 Å². The highest BCUT2D eigenvalue weighted by molar-refractivity contribution is 5.93. The summed E-state index contributed by atoms with van der Waals surface area (Å²) >= 11 is 0. The van der Waals surface area contributed by atoms with Crippen LogP contribution in [0.2, 0.25) is 0 Å². The number of hydrogen-bond donors (Lipinski definition) is 1. The molecule has 152 valence electrons. The van der Waals surface area contributed by atoms with Gasteiger partial charge < -0.3 is 10.1 Å². The molecule has 2 aromatic carbocycles. The molecular formula is C23H22N4O3. The Labute approximate surface area is 173 Å². The maximum atomic E-state index is 12.2. The van der Waals surface area contributed by atoms with Crippen molar-refractivity contribution in [2.45, 2.75) is 26.7 Å². The number of carbonyl (C=O) groups is 2. The van der Waals surface area contributed by atoms with E-state index in [9.17, 15) is 9.59 Å². The standard InChI is InChI=1S/C23H22N4O3/c1-15-18(16(2)27-23(24-15)19-10-6-7-11-20(19)26-27)12-13-22(29)30-14-21(28)25-17-8-4-3-5-9-17/h3-11H,12-14H2,1-2H3,(H,25,28). The molecule has 4 rings (SSSR count). The number of ether oxygens (including phenoxy) is 1. The summed E-state index contributed by atoms with van der Waals surface area (Å²) in [6.45, 7) is 3.60. The van der Waals surface area contributed by atoms with Gasteiger partial charge in [-0.05, 0) is 50.1 Å². The Morgan fingerprint density at radius 2 is 1.77 bits per heavy atom. The van der Waals surface area contributed by atoms with Crippen molar-refractivity contribution in [3.63, 3.8) is 0 Å². The summed E-state index contributed by atoms with van der Waals surface area (Å²) in [5.41, 5.74) is 5.12. The highest BCUT2D eigenvalue weighted by Crippen LogP contribution is 2.23. The van der Waals surface area contributed by atoms with Crippen LogP contribution in [0.4, 0.5) is 5.69 Å². The van der Waals surface area contributed by atoms with Crippen molar-refractivity contribution < 1.29 is 14.3 Å². The van der Waals surface area contributed by atoms with Crippen LogP contribution < -0.4 is 5.32 Å². The van der Waals surface area contributed by atoms with E-state index >= 15 is 0 Å². The largest absolute Gasteiger partial charge is 0.456 e. The van der Waals surface area contributed by atoms with E-state index in [0.29, 0.717) is 12.1 Å². The van der Waals surface area contributed by atoms with E-state index in [-0.39, 0.29) is 18.9 Å². The van der Waals surface area contributed by atoms with Crippen LogP contribution in [0.15, 0.2) is 54.6 Å². The van der Waals surface area contributed by atoms with Gasteiger partial charge in [0, 0.05) is 28.9 Å². The number of hydrogen-bond acceptors (Lipinski definition) is 5. The third-order valence-corrected chi connectivity index (χ3v) is 5.02. The molecule has 0 bridgehead atoms. The fourth-order valence-electron chi connectivity index (χ4n) is 3.50. The SMILES string of the molecule is Cc1nc2c3ccccc3nn2c(C)c1CCC(=O)OCC(=O)Nc1ccccc1. The van der Waals surface area contributed by atoms with Crippen molar-refractivity contribution in [2.75, 3.05) is 11.9 Å². The second-order valence-electron chi connectivity index (χ2n) is 7.09. The molecule has 1 N–H and O–H groups in total. The zero-order valence-corrected chi connectivity index (χ0v) is 16.9. The molecule has 0 spiro atoms. The summed E-state index contributed by atoms with van der Waals surface area (Å²) in [5.74, 6) is -0.795. The molecule has 0 unspecified atom stereocenters. The van der Waals surface area contributed by atoms with Gasteiger partial charge in [0.15, 0.2) is 12.3 Å². The monoisotopic (exact) mass is 402 g/mol. The summed E-state index contributed by atoms with van der Waals surface area (Å²) in [4.78, 5) is 28.8. The van der Waals surface area contributed by atoms with Gasteiger partial charge in [-0.3, -0.25) is 9.59 Å². The van der Waals surface area contributed by atoms with Crippen LogP contribution in [0.1, 0.15) is 23.4 Å². The van der Waals surface area contributed by atoms with Gasteiger partial charge in [0.1, 0.15) is 0 Å². The number of rotatable bonds is 6. The van der Waals surface area contributed by atoms with Gasteiger partial charge >= 0.3 is 5.97 Å². The molecule has 0 radical (unpaired) electrons. The van der Waals surface area contributed by atoms with Crippen molar-refractivity contribution in [1.82, 2.24) is 14.6 Å². The summed E-state index contributed by atoms with van der Waals surface area (Å²) < 4.78 is 6.94. The smallest absolute Gasteiger partial charge is 0.306 e. The Hall–Kier alpha value is -3.74. The highest BCUT2D eigenvalue weighted by Gasteiger charge is 2.16. The minimum Gasteiger partial charge on any atom is -0.456 e. The van der Waals surface area contributed by atoms with Crippen molar-refractivity contribution in [1.29, 1.82) is 0 Å². The fourth-order valence-corrected chi connectivity index (χ4v) is 3.50. The third kappa shape index (κ3) is 4.00. The number of nitrogens with zero attached hydrogens (tertiary/aromatic N) is 3. The van der Waals surface area contributed by atoms with Crippen LogP contribution in [0, 0.1) is 13.8 Å². The molecule has 0 saturated heterocycles. The van der Waals surface area contributed by atoms with Crippen molar-refractivity contribution in [3.05, 3.63) is 71.5 Å². The lowest BCUT2D eigenvalue weighted by Gasteiger charge is -2.11. The van der Waals surface area contributed by atoms with Gasteiger partial charge in [-0.25, -0.2) is 9.50 Å². The van der Waals surface area contributed by atoms with Crippen LogP contribution in [-0.4, -0.2) is 33.1 Å². The van der Waals surface area contributed by atoms with Gasteiger partial charge in [-0.1, -0.05) is 30.3 Å². The molecule has 0 fully saturated rings. The summed E-state index contributed by atoms with van der Waals surface area (Å²) in [6, 6.07) is 16.9. The molecule has 30 heavy (non-hydrogen) atoms. The molecule has 4 aromatic rings. The Morgan fingerprint density at radius 1 is 1.03 bits per heavy atom. The topological polar surface area (TPSA) is 85.6 Å². The van der Waals surface area contributed by atoms with Gasteiger partial charge in [-0.2, -0.15) is 5.10 Å². The van der Waals surface area contributed by atoms with Gasteiger partial charge in [0.25, 0.3) is 5.91 Å². The number of carbonyl (C=O) groups excluding carboxylic acids is 2. The molecule has 0 atom stereocenters. The van der Waals surface area contributed by atoms with Gasteiger partial charge in [0.05, 0.1) is 5.52 Å². The first-order valence-corrected chi connectivity index (χ1v) is 9.77. The number of esters is 1. The van der Waals surface area contributed by atoms with Crippen LogP contribution in [0.5, 0.6) is 0 Å². The summed E-state index contributed by atoms with van der Waals surface area (Å²) in [7, 11) is 0. The summed E-state index contributed by atoms with van der Waals surface area (Å²) in [6.07, 6.45) is 0.629. The predicted octanol–water partition coefficient (Wildman–Crippen LogP) is 3.61. The number of aromatic nitrogens is 3. The summed E-state index contributed by atoms with van der Waals surface area (Å²) in [5, 5.41) is 8.31. The van der Waals surface area contributed by atoms with Crippen molar-refractivity contribution in [3.8, 4) is 0 Å². The first-order valence-electron chi connectivity index (χ1n) is 9.77. The fraction of sp³-hybridized carbons (Fsp3) is 0.217. The third-order valence-electron chi connectivity index (χ3n) is 5.02. The highest BCUT2D eigenvalue weighted by atomic mass is 16.5. The molecule has 7 heteroatoms. The molecule has 0 saturated carbocycles. The van der Waals surface area contributed by atoms with Crippen molar-refractivity contribution in [2.24, 2.45) is 0 Å². The van der Waals surface area contributed by atoms with Gasteiger partial charge in [-0.15, -0.1) is 0 Å². The molecule has 0 aliphatic rings. The Morgan fingerprint density at radius 3 is 2.57 bits per heavy atom. The molecule has 0 aliphatic heterocycles. The van der Waals surface area contributed by atoms with Crippen molar-refractivity contribution >= 4 is 34.1 Å². The van der Waals surface area contributed by atoms with Crippen LogP contribution >= 0.6 is 0 Å². The number of benzene rings is 2. The minimum absolute atomic E-state index is 0.161. The van der Waals surface area contributed by atoms with E-state index in [1.165, 1.54) is 0 Å². The Balaban J connectivity index is 1.40. The average Bonchev–Trinajstić information content (AvgIpc) is 3.12. The molecule has 7 nitrogen and oxygen atoms in total. The normalized spacial score (nSPS) is 11.0. The molecule has 1 amide bonds. The predicted molar refractivity (Wildman–Crippen MR) is 114 cm³/mol. The zero-order chi connectivity index (χ0) is 21.1. The lowest BCUT2D eigenvalue weighted by atomic mass is 10.1. The first-order chi connectivity index (χ1) is 14.5. The number of para-hydroxylation sites is 1. The molecular weight excluding hydrogens is 380 g/mol.